The summed E-state index contributed by atoms with van der Waals surface area (Å²) < 4.78 is 5.27. The van der Waals surface area contributed by atoms with Crippen LogP contribution in [0.2, 0.25) is 0 Å². The van der Waals surface area contributed by atoms with Crippen molar-refractivity contribution in [2.75, 3.05) is 26.2 Å². The Bertz CT molecular complexity index is 1540. The zero-order valence-corrected chi connectivity index (χ0v) is 29.0. The standard InChI is InChI=1S/C39H52N4O5/c1-5-40-36(46)39(27-29-15-8-6-9-16-29)22-14-24-43(28-39)35(45)33(26-30-20-21-31-17-11-12-18-32(31)25-30)42-34(44)19-10-7-13-23-41-37(47)48-38(2,3)4/h6,8-9,11-12,15-18,20-21,25,33H,5,7,10,13-14,19,22-24,26-28H2,1-4H3,(H,40,46)(H,41,47)(H,42,44)/t33-,39+/m1/s1. The van der Waals surface area contributed by atoms with Crippen LogP contribution in [-0.2, 0) is 32.0 Å². The molecule has 0 saturated carbocycles. The van der Waals surface area contributed by atoms with Crippen LogP contribution in [0.1, 0.15) is 77.3 Å². The summed E-state index contributed by atoms with van der Waals surface area (Å²) >= 11 is 0. The van der Waals surface area contributed by atoms with Gasteiger partial charge in [0.05, 0.1) is 5.41 Å². The molecule has 1 aliphatic rings. The van der Waals surface area contributed by atoms with Gasteiger partial charge in [-0.1, -0.05) is 79.2 Å². The molecule has 258 valence electrons. The highest BCUT2D eigenvalue weighted by molar-refractivity contribution is 5.90. The molecular weight excluding hydrogens is 604 g/mol. The van der Waals surface area contributed by atoms with Gasteiger partial charge in [-0.15, -0.1) is 0 Å². The van der Waals surface area contributed by atoms with Crippen LogP contribution in [0.4, 0.5) is 4.79 Å². The highest BCUT2D eigenvalue weighted by Crippen LogP contribution is 2.35. The van der Waals surface area contributed by atoms with Crippen molar-refractivity contribution in [3.63, 3.8) is 0 Å². The Morgan fingerprint density at radius 1 is 0.875 bits per heavy atom. The number of fused-ring (bicyclic) bond motifs is 1. The summed E-state index contributed by atoms with van der Waals surface area (Å²) in [5, 5.41) is 11.0. The van der Waals surface area contributed by atoms with Crippen molar-refractivity contribution in [3.05, 3.63) is 83.9 Å². The van der Waals surface area contributed by atoms with Crippen molar-refractivity contribution in [2.24, 2.45) is 5.41 Å². The van der Waals surface area contributed by atoms with Crippen LogP contribution < -0.4 is 16.0 Å². The average molecular weight is 657 g/mol. The molecule has 1 saturated heterocycles. The molecule has 0 aliphatic carbocycles. The van der Waals surface area contributed by atoms with Crippen LogP contribution in [0.5, 0.6) is 0 Å². The fraction of sp³-hybridized carbons (Fsp3) is 0.487. The number of piperidine rings is 1. The highest BCUT2D eigenvalue weighted by Gasteiger charge is 2.44. The minimum absolute atomic E-state index is 0.0392. The number of carbonyl (C=O) groups excluding carboxylic acids is 4. The maximum Gasteiger partial charge on any atom is 0.407 e. The number of hydrogen-bond donors (Lipinski definition) is 3. The molecule has 2 atom stereocenters. The van der Waals surface area contributed by atoms with Crippen molar-refractivity contribution < 1.29 is 23.9 Å². The van der Waals surface area contributed by atoms with Gasteiger partial charge in [-0.05, 0) is 81.7 Å². The van der Waals surface area contributed by atoms with Gasteiger partial charge in [0.25, 0.3) is 0 Å². The van der Waals surface area contributed by atoms with Crippen molar-refractivity contribution in [2.45, 2.75) is 90.7 Å². The molecule has 9 nitrogen and oxygen atoms in total. The van der Waals surface area contributed by atoms with E-state index < -0.39 is 23.2 Å². The Morgan fingerprint density at radius 2 is 1.60 bits per heavy atom. The Labute approximate surface area is 285 Å². The van der Waals surface area contributed by atoms with Crippen LogP contribution in [-0.4, -0.2) is 66.5 Å². The Morgan fingerprint density at radius 3 is 2.33 bits per heavy atom. The number of amides is 4. The normalized spacial score (nSPS) is 17.0. The van der Waals surface area contributed by atoms with E-state index in [0.29, 0.717) is 64.7 Å². The number of ether oxygens (including phenoxy) is 1. The van der Waals surface area contributed by atoms with Gasteiger partial charge in [-0.25, -0.2) is 4.79 Å². The zero-order valence-electron chi connectivity index (χ0n) is 29.0. The summed E-state index contributed by atoms with van der Waals surface area (Å²) in [7, 11) is 0. The molecule has 3 aromatic rings. The number of likely N-dealkylation sites (tertiary alicyclic amines) is 1. The van der Waals surface area contributed by atoms with E-state index >= 15 is 0 Å². The second-order valence-electron chi connectivity index (χ2n) is 13.9. The lowest BCUT2D eigenvalue weighted by Crippen LogP contribution is -2.58. The molecule has 48 heavy (non-hydrogen) atoms. The van der Waals surface area contributed by atoms with Crippen LogP contribution >= 0.6 is 0 Å². The van der Waals surface area contributed by atoms with Crippen molar-refractivity contribution in [1.82, 2.24) is 20.9 Å². The second-order valence-corrected chi connectivity index (χ2v) is 13.9. The van der Waals surface area contributed by atoms with Gasteiger partial charge in [0.1, 0.15) is 11.6 Å². The van der Waals surface area contributed by atoms with Gasteiger partial charge < -0.3 is 25.6 Å². The fourth-order valence-electron chi connectivity index (χ4n) is 6.44. The molecule has 0 spiro atoms. The van der Waals surface area contributed by atoms with E-state index in [2.05, 4.69) is 22.0 Å². The summed E-state index contributed by atoms with van der Waals surface area (Å²) in [5.74, 6) is -0.396. The Hall–Kier alpha value is -4.40. The third-order valence-electron chi connectivity index (χ3n) is 8.73. The first-order chi connectivity index (χ1) is 23.0. The van der Waals surface area contributed by atoms with Gasteiger partial charge in [0.15, 0.2) is 0 Å². The van der Waals surface area contributed by atoms with E-state index in [4.69, 9.17) is 4.74 Å². The number of unbranched alkanes of at least 4 members (excludes halogenated alkanes) is 2. The zero-order chi connectivity index (χ0) is 34.6. The van der Waals surface area contributed by atoms with Gasteiger partial charge in [-0.3, -0.25) is 14.4 Å². The largest absolute Gasteiger partial charge is 0.444 e. The minimum Gasteiger partial charge on any atom is -0.444 e. The first-order valence-electron chi connectivity index (χ1n) is 17.3. The minimum atomic E-state index is -0.769. The van der Waals surface area contributed by atoms with E-state index in [1.54, 1.807) is 4.90 Å². The van der Waals surface area contributed by atoms with E-state index in [0.717, 1.165) is 28.3 Å². The molecule has 3 aromatic carbocycles. The Balaban J connectivity index is 1.45. The predicted octanol–water partition coefficient (Wildman–Crippen LogP) is 5.94. The van der Waals surface area contributed by atoms with Crippen molar-refractivity contribution in [1.29, 1.82) is 0 Å². The number of hydrogen-bond acceptors (Lipinski definition) is 5. The summed E-state index contributed by atoms with van der Waals surface area (Å²) in [6, 6.07) is 23.4. The molecule has 0 bridgehead atoms. The number of alkyl carbamates (subject to hydrolysis) is 1. The number of rotatable bonds is 14. The fourth-order valence-corrected chi connectivity index (χ4v) is 6.44. The molecule has 1 aliphatic heterocycles. The molecule has 1 heterocycles. The smallest absolute Gasteiger partial charge is 0.407 e. The lowest BCUT2D eigenvalue weighted by Gasteiger charge is -2.43. The van der Waals surface area contributed by atoms with Crippen LogP contribution in [0.3, 0.4) is 0 Å². The molecule has 1 fully saturated rings. The highest BCUT2D eigenvalue weighted by atomic mass is 16.6. The Kier molecular flexibility index (Phi) is 13.0. The number of benzene rings is 3. The number of nitrogens with one attached hydrogen (secondary N) is 3. The van der Waals surface area contributed by atoms with Gasteiger partial charge in [-0.2, -0.15) is 0 Å². The topological polar surface area (TPSA) is 117 Å². The first-order valence-corrected chi connectivity index (χ1v) is 17.3. The third-order valence-corrected chi connectivity index (χ3v) is 8.73. The molecule has 0 unspecified atom stereocenters. The van der Waals surface area contributed by atoms with Gasteiger partial charge in [0.2, 0.25) is 17.7 Å². The lowest BCUT2D eigenvalue weighted by atomic mass is 9.74. The molecule has 4 amide bonds. The summed E-state index contributed by atoms with van der Waals surface area (Å²) in [6.45, 7) is 9.17. The van der Waals surface area contributed by atoms with E-state index in [-0.39, 0.29) is 24.1 Å². The van der Waals surface area contributed by atoms with Crippen LogP contribution in [0.25, 0.3) is 10.8 Å². The summed E-state index contributed by atoms with van der Waals surface area (Å²) in [4.78, 5) is 54.9. The first kappa shape index (κ1) is 36.4. The monoisotopic (exact) mass is 656 g/mol. The summed E-state index contributed by atoms with van der Waals surface area (Å²) in [6.07, 6.45) is 4.16. The molecule has 4 rings (SSSR count). The van der Waals surface area contributed by atoms with E-state index in [9.17, 15) is 19.2 Å². The lowest BCUT2D eigenvalue weighted by molar-refractivity contribution is -0.144. The summed E-state index contributed by atoms with van der Waals surface area (Å²) in [5.41, 5.74) is 0.704. The maximum atomic E-state index is 14.3. The van der Waals surface area contributed by atoms with Crippen LogP contribution in [0, 0.1) is 5.41 Å². The second kappa shape index (κ2) is 17.1. The number of carbonyl (C=O) groups is 4. The van der Waals surface area contributed by atoms with Gasteiger partial charge >= 0.3 is 6.09 Å². The molecule has 0 radical (unpaired) electrons. The molecular formula is C39H52N4O5. The predicted molar refractivity (Wildman–Crippen MR) is 189 cm³/mol. The maximum absolute atomic E-state index is 14.3. The van der Waals surface area contributed by atoms with E-state index in [1.165, 1.54) is 0 Å². The number of nitrogens with zero attached hydrogens (tertiary/aromatic N) is 1. The molecule has 3 N–H and O–H groups in total. The molecule has 9 heteroatoms. The van der Waals surface area contributed by atoms with Crippen LogP contribution in [0.15, 0.2) is 72.8 Å². The quantitative estimate of drug-likeness (QED) is 0.186. The molecule has 0 aromatic heterocycles. The third kappa shape index (κ3) is 10.8. The van der Waals surface area contributed by atoms with E-state index in [1.807, 2.05) is 94.4 Å². The van der Waals surface area contributed by atoms with Gasteiger partial charge in [0, 0.05) is 39.0 Å². The SMILES string of the molecule is CCNC(=O)[C@]1(Cc2ccccc2)CCCN(C(=O)[C@@H](Cc2ccc3ccccc3c2)NC(=O)CCCCCNC(=O)OC(C)(C)C)C1. The average Bonchev–Trinajstić information content (AvgIpc) is 3.05. The van der Waals surface area contributed by atoms with Crippen molar-refractivity contribution >= 4 is 34.6 Å². The van der Waals surface area contributed by atoms with Crippen molar-refractivity contribution in [3.8, 4) is 0 Å².